The Morgan fingerprint density at radius 1 is 1.37 bits per heavy atom. The van der Waals surface area contributed by atoms with Crippen LogP contribution in [0.25, 0.3) is 10.9 Å². The van der Waals surface area contributed by atoms with Crippen LogP contribution in [0, 0.1) is 17.2 Å². The lowest BCUT2D eigenvalue weighted by Gasteiger charge is -2.17. The minimum Gasteiger partial charge on any atom is -0.456 e. The van der Waals surface area contributed by atoms with Gasteiger partial charge in [-0.15, -0.1) is 11.3 Å². The number of ether oxygens (including phenoxy) is 1. The van der Waals surface area contributed by atoms with E-state index in [-0.39, 0.29) is 13.0 Å². The molecule has 1 aliphatic carbocycles. The van der Waals surface area contributed by atoms with E-state index in [1.807, 2.05) is 30.5 Å². The molecule has 2 N–H and O–H groups in total. The van der Waals surface area contributed by atoms with E-state index in [9.17, 15) is 14.9 Å². The molecule has 7 heteroatoms. The molecular weight excluding hydrogens is 398 g/mol. The number of nitrogens with zero attached hydrogens (tertiary/aromatic N) is 1. The number of carbonyl (C=O) groups is 2. The molecule has 2 heterocycles. The highest BCUT2D eigenvalue weighted by Gasteiger charge is 2.24. The van der Waals surface area contributed by atoms with Crippen molar-refractivity contribution in [2.24, 2.45) is 5.92 Å². The molecule has 6 nitrogen and oxygen atoms in total. The highest BCUT2D eigenvalue weighted by molar-refractivity contribution is 7.16. The largest absolute Gasteiger partial charge is 0.456 e. The number of nitriles is 1. The van der Waals surface area contributed by atoms with Crippen molar-refractivity contribution in [2.75, 3.05) is 11.9 Å². The monoisotopic (exact) mass is 421 g/mol. The van der Waals surface area contributed by atoms with Crippen LogP contribution in [0.4, 0.5) is 5.00 Å². The molecule has 0 saturated carbocycles. The fourth-order valence-electron chi connectivity index (χ4n) is 3.91. The maximum Gasteiger partial charge on any atom is 0.306 e. The molecule has 4 rings (SSSR count). The number of hydrogen-bond acceptors (Lipinski definition) is 5. The molecule has 1 amide bonds. The number of amides is 1. The first kappa shape index (κ1) is 20.2. The van der Waals surface area contributed by atoms with Crippen LogP contribution in [-0.4, -0.2) is 23.5 Å². The second-order valence-corrected chi connectivity index (χ2v) is 8.84. The molecule has 0 saturated heterocycles. The molecule has 1 atom stereocenters. The maximum atomic E-state index is 12.3. The van der Waals surface area contributed by atoms with Gasteiger partial charge < -0.3 is 15.0 Å². The number of anilines is 1. The van der Waals surface area contributed by atoms with Crippen molar-refractivity contribution < 1.29 is 14.3 Å². The molecule has 2 aromatic heterocycles. The number of esters is 1. The molecular formula is C23H23N3O3S. The van der Waals surface area contributed by atoms with E-state index in [2.05, 4.69) is 23.3 Å². The maximum absolute atomic E-state index is 12.3. The van der Waals surface area contributed by atoms with Gasteiger partial charge in [0, 0.05) is 28.4 Å². The Kier molecular flexibility index (Phi) is 5.86. The Hall–Kier alpha value is -3.11. The normalized spacial score (nSPS) is 15.4. The number of rotatable bonds is 6. The summed E-state index contributed by atoms with van der Waals surface area (Å²) in [6.07, 6.45) is 5.50. The third-order valence-electron chi connectivity index (χ3n) is 5.51. The number of benzene rings is 1. The number of carbonyl (C=O) groups excluding carboxylic acids is 2. The summed E-state index contributed by atoms with van der Waals surface area (Å²) in [5.41, 5.74) is 3.69. The van der Waals surface area contributed by atoms with E-state index in [1.54, 1.807) is 0 Å². The summed E-state index contributed by atoms with van der Waals surface area (Å²) in [5, 5.41) is 13.9. The summed E-state index contributed by atoms with van der Waals surface area (Å²) in [6, 6.07) is 10.1. The van der Waals surface area contributed by atoms with Crippen molar-refractivity contribution >= 4 is 39.1 Å². The standard InChI is InChI=1S/C23H23N3O3S/c1-14-6-8-17-18(11-24)23(30-20(17)10-14)26-21(27)13-29-22(28)9-7-15-12-25-19-5-3-2-4-16(15)19/h2-5,12,14,25H,6-10,13H2,1H3,(H,26,27)/t14-/m1/s1. The Balaban J connectivity index is 1.30. The predicted molar refractivity (Wildman–Crippen MR) is 116 cm³/mol. The smallest absolute Gasteiger partial charge is 0.306 e. The molecule has 30 heavy (non-hydrogen) atoms. The van der Waals surface area contributed by atoms with Crippen molar-refractivity contribution in [3.63, 3.8) is 0 Å². The zero-order valence-corrected chi connectivity index (χ0v) is 17.6. The van der Waals surface area contributed by atoms with Gasteiger partial charge >= 0.3 is 5.97 Å². The van der Waals surface area contributed by atoms with Crippen LogP contribution in [0.1, 0.15) is 41.3 Å². The second kappa shape index (κ2) is 8.72. The van der Waals surface area contributed by atoms with Crippen molar-refractivity contribution in [1.82, 2.24) is 4.98 Å². The van der Waals surface area contributed by atoms with Gasteiger partial charge in [-0.1, -0.05) is 25.1 Å². The minimum atomic E-state index is -0.421. The summed E-state index contributed by atoms with van der Waals surface area (Å²) in [6.45, 7) is 1.85. The van der Waals surface area contributed by atoms with Gasteiger partial charge in [0.25, 0.3) is 5.91 Å². The van der Waals surface area contributed by atoms with Gasteiger partial charge in [0.1, 0.15) is 11.1 Å². The number of fused-ring (bicyclic) bond motifs is 2. The first-order valence-corrected chi connectivity index (χ1v) is 10.9. The fraction of sp³-hybridized carbons (Fsp3) is 0.348. The van der Waals surface area contributed by atoms with Gasteiger partial charge in [-0.3, -0.25) is 9.59 Å². The lowest BCUT2D eigenvalue weighted by atomic mass is 9.89. The molecule has 0 bridgehead atoms. The Morgan fingerprint density at radius 2 is 2.20 bits per heavy atom. The van der Waals surface area contributed by atoms with Crippen LogP contribution >= 0.6 is 11.3 Å². The number of H-pyrrole nitrogens is 1. The number of para-hydroxylation sites is 1. The Morgan fingerprint density at radius 3 is 3.03 bits per heavy atom. The number of aromatic nitrogens is 1. The number of aromatic amines is 1. The van der Waals surface area contributed by atoms with Gasteiger partial charge in [0.05, 0.1) is 5.56 Å². The van der Waals surface area contributed by atoms with Crippen molar-refractivity contribution in [3.8, 4) is 6.07 Å². The molecule has 1 aliphatic rings. The van der Waals surface area contributed by atoms with E-state index in [1.165, 1.54) is 16.2 Å². The van der Waals surface area contributed by atoms with E-state index in [0.717, 1.165) is 41.3 Å². The summed E-state index contributed by atoms with van der Waals surface area (Å²) >= 11 is 1.46. The second-order valence-electron chi connectivity index (χ2n) is 7.74. The first-order valence-electron chi connectivity index (χ1n) is 10.1. The average Bonchev–Trinajstić information content (AvgIpc) is 3.30. The summed E-state index contributed by atoms with van der Waals surface area (Å²) < 4.78 is 5.14. The highest BCUT2D eigenvalue weighted by Crippen LogP contribution is 2.39. The molecule has 1 aromatic carbocycles. The van der Waals surface area contributed by atoms with E-state index < -0.39 is 11.9 Å². The third kappa shape index (κ3) is 4.24. The van der Waals surface area contributed by atoms with E-state index in [4.69, 9.17) is 4.74 Å². The van der Waals surface area contributed by atoms with E-state index >= 15 is 0 Å². The summed E-state index contributed by atoms with van der Waals surface area (Å²) in [7, 11) is 0. The molecule has 154 valence electrons. The lowest BCUT2D eigenvalue weighted by molar-refractivity contribution is -0.147. The van der Waals surface area contributed by atoms with Gasteiger partial charge in [0.2, 0.25) is 0 Å². The van der Waals surface area contributed by atoms with Crippen LogP contribution in [0.15, 0.2) is 30.5 Å². The van der Waals surface area contributed by atoms with Crippen molar-refractivity contribution in [1.29, 1.82) is 5.26 Å². The summed E-state index contributed by atoms with van der Waals surface area (Å²) in [5.74, 6) is -0.252. The van der Waals surface area contributed by atoms with Crippen LogP contribution < -0.4 is 5.32 Å². The van der Waals surface area contributed by atoms with Crippen molar-refractivity contribution in [3.05, 3.63) is 52.0 Å². The number of hydrogen-bond donors (Lipinski definition) is 2. The third-order valence-corrected chi connectivity index (χ3v) is 6.68. The van der Waals surface area contributed by atoms with Gasteiger partial charge in [-0.2, -0.15) is 5.26 Å². The topological polar surface area (TPSA) is 95.0 Å². The molecule has 0 unspecified atom stereocenters. The Labute approximate surface area is 178 Å². The van der Waals surface area contributed by atoms with Gasteiger partial charge in [-0.05, 0) is 48.8 Å². The van der Waals surface area contributed by atoms with Gasteiger partial charge in [-0.25, -0.2) is 0 Å². The number of aryl methyl sites for hydroxylation is 1. The van der Waals surface area contributed by atoms with Crippen LogP contribution in [0.3, 0.4) is 0 Å². The molecule has 0 fully saturated rings. The molecule has 0 aliphatic heterocycles. The van der Waals surface area contributed by atoms with E-state index in [0.29, 0.717) is 22.9 Å². The highest BCUT2D eigenvalue weighted by atomic mass is 32.1. The van der Waals surface area contributed by atoms with Crippen LogP contribution in [0.5, 0.6) is 0 Å². The quantitative estimate of drug-likeness (QED) is 0.579. The molecule has 0 spiro atoms. The Bertz CT molecular complexity index is 1140. The zero-order chi connectivity index (χ0) is 21.1. The average molecular weight is 422 g/mol. The lowest BCUT2D eigenvalue weighted by Crippen LogP contribution is -2.21. The van der Waals surface area contributed by atoms with Crippen LogP contribution in [0.2, 0.25) is 0 Å². The molecule has 3 aromatic rings. The van der Waals surface area contributed by atoms with Crippen molar-refractivity contribution in [2.45, 2.75) is 39.0 Å². The minimum absolute atomic E-state index is 0.198. The predicted octanol–water partition coefficient (Wildman–Crippen LogP) is 4.34. The zero-order valence-electron chi connectivity index (χ0n) is 16.8. The SMILES string of the molecule is C[C@@H]1CCc2c(sc(NC(=O)COC(=O)CCc3c[nH]c4ccccc34)c2C#N)C1. The van der Waals surface area contributed by atoms with Gasteiger partial charge in [0.15, 0.2) is 6.61 Å². The number of thiophene rings is 1. The fourth-order valence-corrected chi connectivity index (χ4v) is 5.29. The summed E-state index contributed by atoms with van der Waals surface area (Å²) in [4.78, 5) is 28.7. The van der Waals surface area contributed by atoms with Crippen LogP contribution in [-0.2, 0) is 33.6 Å². The molecule has 0 radical (unpaired) electrons. The first-order chi connectivity index (χ1) is 14.5. The number of nitrogens with one attached hydrogen (secondary N) is 2.